The monoisotopic (exact) mass is 139 g/mol. The Morgan fingerprint density at radius 3 is 2.80 bits per heavy atom. The SMILES string of the molecule is CCc1coc(C(C)=O)n1. The Labute approximate surface area is 59.1 Å². The Balaban J connectivity index is 2.88. The molecule has 0 spiro atoms. The van der Waals surface area contributed by atoms with Crippen LogP contribution >= 0.6 is 0 Å². The van der Waals surface area contributed by atoms with Gasteiger partial charge in [0.1, 0.15) is 6.26 Å². The van der Waals surface area contributed by atoms with Crippen molar-refractivity contribution in [3.8, 4) is 0 Å². The van der Waals surface area contributed by atoms with Gasteiger partial charge in [-0.25, -0.2) is 4.98 Å². The number of aryl methyl sites for hydroxylation is 1. The van der Waals surface area contributed by atoms with Crippen LogP contribution in [-0.2, 0) is 6.42 Å². The molecule has 1 aromatic heterocycles. The molecule has 0 atom stereocenters. The summed E-state index contributed by atoms with van der Waals surface area (Å²) in [5.41, 5.74) is 0.824. The van der Waals surface area contributed by atoms with Crippen molar-refractivity contribution >= 4 is 5.78 Å². The molecule has 3 nitrogen and oxygen atoms in total. The predicted molar refractivity (Wildman–Crippen MR) is 35.9 cm³/mol. The molecule has 3 heteroatoms. The standard InChI is InChI=1S/C7H9NO2/c1-3-6-4-10-7(8-6)5(2)9/h4H,3H2,1-2H3. The summed E-state index contributed by atoms with van der Waals surface area (Å²) in [6.45, 7) is 3.40. The van der Waals surface area contributed by atoms with Crippen LogP contribution in [0.2, 0.25) is 0 Å². The molecule has 0 fully saturated rings. The summed E-state index contributed by atoms with van der Waals surface area (Å²) in [5.74, 6) is 0.0801. The van der Waals surface area contributed by atoms with Crippen molar-refractivity contribution in [3.63, 3.8) is 0 Å². The molecule has 0 saturated carbocycles. The Hall–Kier alpha value is -1.12. The van der Waals surface area contributed by atoms with Gasteiger partial charge in [-0.2, -0.15) is 0 Å². The van der Waals surface area contributed by atoms with Crippen LogP contribution in [0.3, 0.4) is 0 Å². The summed E-state index contributed by atoms with van der Waals surface area (Å²) in [5, 5.41) is 0. The van der Waals surface area contributed by atoms with E-state index in [-0.39, 0.29) is 11.7 Å². The van der Waals surface area contributed by atoms with Gasteiger partial charge in [-0.05, 0) is 6.42 Å². The van der Waals surface area contributed by atoms with Gasteiger partial charge in [0.2, 0.25) is 5.78 Å². The van der Waals surface area contributed by atoms with Crippen molar-refractivity contribution in [1.29, 1.82) is 0 Å². The van der Waals surface area contributed by atoms with Gasteiger partial charge >= 0.3 is 0 Å². The van der Waals surface area contributed by atoms with E-state index in [1.165, 1.54) is 13.2 Å². The Bertz CT molecular complexity index is 240. The fraction of sp³-hybridized carbons (Fsp3) is 0.429. The third-order valence-corrected chi connectivity index (χ3v) is 1.22. The van der Waals surface area contributed by atoms with E-state index in [9.17, 15) is 4.79 Å². The van der Waals surface area contributed by atoms with E-state index in [4.69, 9.17) is 4.42 Å². The summed E-state index contributed by atoms with van der Waals surface area (Å²) >= 11 is 0. The molecule has 0 bridgehead atoms. The molecule has 1 heterocycles. The Kier molecular flexibility index (Phi) is 1.85. The minimum absolute atomic E-state index is 0.125. The highest BCUT2D eigenvalue weighted by molar-refractivity contribution is 5.89. The predicted octanol–water partition coefficient (Wildman–Crippen LogP) is 1.44. The third kappa shape index (κ3) is 1.23. The second-order valence-corrected chi connectivity index (χ2v) is 2.05. The largest absolute Gasteiger partial charge is 0.442 e. The lowest BCUT2D eigenvalue weighted by molar-refractivity contribution is 0.0980. The number of rotatable bonds is 2. The highest BCUT2D eigenvalue weighted by Crippen LogP contribution is 2.02. The maximum atomic E-state index is 10.6. The minimum Gasteiger partial charge on any atom is -0.442 e. The lowest BCUT2D eigenvalue weighted by atomic mass is 10.4. The second kappa shape index (κ2) is 2.64. The average molecular weight is 139 g/mol. The van der Waals surface area contributed by atoms with Crippen LogP contribution in [-0.4, -0.2) is 10.8 Å². The molecule has 0 saturated heterocycles. The third-order valence-electron chi connectivity index (χ3n) is 1.22. The number of ketones is 1. The Morgan fingerprint density at radius 1 is 1.80 bits per heavy atom. The van der Waals surface area contributed by atoms with Crippen LogP contribution < -0.4 is 0 Å². The van der Waals surface area contributed by atoms with Gasteiger partial charge in [0.15, 0.2) is 0 Å². The van der Waals surface area contributed by atoms with Crippen LogP contribution in [0.4, 0.5) is 0 Å². The van der Waals surface area contributed by atoms with Crippen LogP contribution in [0, 0.1) is 0 Å². The van der Waals surface area contributed by atoms with Crippen molar-refractivity contribution in [2.45, 2.75) is 20.3 Å². The molecule has 54 valence electrons. The van der Waals surface area contributed by atoms with E-state index < -0.39 is 0 Å². The van der Waals surface area contributed by atoms with Crippen molar-refractivity contribution in [2.75, 3.05) is 0 Å². The van der Waals surface area contributed by atoms with Gasteiger partial charge in [-0.3, -0.25) is 4.79 Å². The fourth-order valence-electron chi connectivity index (χ4n) is 0.631. The number of hydrogen-bond acceptors (Lipinski definition) is 3. The van der Waals surface area contributed by atoms with Gasteiger partial charge in [0.25, 0.3) is 5.89 Å². The zero-order chi connectivity index (χ0) is 7.56. The molecule has 0 radical (unpaired) electrons. The maximum Gasteiger partial charge on any atom is 0.262 e. The zero-order valence-corrected chi connectivity index (χ0v) is 6.05. The topological polar surface area (TPSA) is 43.1 Å². The van der Waals surface area contributed by atoms with Crippen LogP contribution in [0.5, 0.6) is 0 Å². The summed E-state index contributed by atoms with van der Waals surface area (Å²) in [6.07, 6.45) is 2.31. The smallest absolute Gasteiger partial charge is 0.262 e. The number of aromatic nitrogens is 1. The molecule has 0 aliphatic carbocycles. The van der Waals surface area contributed by atoms with Crippen molar-refractivity contribution in [1.82, 2.24) is 4.98 Å². The molecule has 0 N–H and O–H groups in total. The lowest BCUT2D eigenvalue weighted by Gasteiger charge is -1.80. The zero-order valence-electron chi connectivity index (χ0n) is 6.05. The van der Waals surface area contributed by atoms with Crippen LogP contribution in [0.15, 0.2) is 10.7 Å². The van der Waals surface area contributed by atoms with Gasteiger partial charge < -0.3 is 4.42 Å². The van der Waals surface area contributed by atoms with Gasteiger partial charge in [0, 0.05) is 6.92 Å². The highest BCUT2D eigenvalue weighted by atomic mass is 16.3. The number of carbonyl (C=O) groups excluding carboxylic acids is 1. The number of Topliss-reactive ketones (excluding diaryl/α,β-unsaturated/α-hetero) is 1. The molecule has 0 aliphatic rings. The van der Waals surface area contributed by atoms with E-state index in [1.807, 2.05) is 6.92 Å². The van der Waals surface area contributed by atoms with E-state index in [0.717, 1.165) is 12.1 Å². The molecule has 0 unspecified atom stereocenters. The van der Waals surface area contributed by atoms with E-state index >= 15 is 0 Å². The molecule has 0 aromatic carbocycles. The maximum absolute atomic E-state index is 10.6. The van der Waals surface area contributed by atoms with Crippen molar-refractivity contribution < 1.29 is 9.21 Å². The molecular weight excluding hydrogens is 130 g/mol. The molecule has 0 amide bonds. The van der Waals surface area contributed by atoms with Crippen LogP contribution in [0.1, 0.15) is 30.2 Å². The number of nitrogens with zero attached hydrogens (tertiary/aromatic N) is 1. The summed E-state index contributed by atoms with van der Waals surface area (Å²) in [6, 6.07) is 0. The van der Waals surface area contributed by atoms with Crippen LogP contribution in [0.25, 0.3) is 0 Å². The molecule has 1 aromatic rings. The summed E-state index contributed by atoms with van der Waals surface area (Å²) < 4.78 is 4.86. The van der Waals surface area contributed by atoms with Gasteiger partial charge in [-0.1, -0.05) is 6.92 Å². The number of carbonyl (C=O) groups is 1. The van der Waals surface area contributed by atoms with E-state index in [0.29, 0.717) is 0 Å². The average Bonchev–Trinajstić information content (AvgIpc) is 2.34. The quantitative estimate of drug-likeness (QED) is 0.582. The molecule has 10 heavy (non-hydrogen) atoms. The molecular formula is C7H9NO2. The van der Waals surface area contributed by atoms with E-state index in [1.54, 1.807) is 0 Å². The second-order valence-electron chi connectivity index (χ2n) is 2.05. The van der Waals surface area contributed by atoms with Gasteiger partial charge in [-0.15, -0.1) is 0 Å². The first kappa shape index (κ1) is 6.99. The lowest BCUT2D eigenvalue weighted by Crippen LogP contribution is -1.91. The first-order valence-corrected chi connectivity index (χ1v) is 3.19. The minimum atomic E-state index is -0.125. The Morgan fingerprint density at radius 2 is 2.50 bits per heavy atom. The number of oxazole rings is 1. The molecule has 1 rings (SSSR count). The highest BCUT2D eigenvalue weighted by Gasteiger charge is 2.05. The van der Waals surface area contributed by atoms with Crippen molar-refractivity contribution in [2.24, 2.45) is 0 Å². The normalized spacial score (nSPS) is 9.80. The van der Waals surface area contributed by atoms with Gasteiger partial charge in [0.05, 0.1) is 5.69 Å². The summed E-state index contributed by atoms with van der Waals surface area (Å²) in [4.78, 5) is 14.5. The molecule has 0 aliphatic heterocycles. The first-order valence-electron chi connectivity index (χ1n) is 3.19. The first-order chi connectivity index (χ1) is 4.74. The summed E-state index contributed by atoms with van der Waals surface area (Å²) in [7, 11) is 0. The van der Waals surface area contributed by atoms with E-state index in [2.05, 4.69) is 4.98 Å². The fourth-order valence-corrected chi connectivity index (χ4v) is 0.631. The number of hydrogen-bond donors (Lipinski definition) is 0. The van der Waals surface area contributed by atoms with Crippen molar-refractivity contribution in [3.05, 3.63) is 17.8 Å².